The Labute approximate surface area is 214 Å². The Morgan fingerprint density at radius 1 is 1.11 bits per heavy atom. The number of nitrogens with zero attached hydrogens (tertiary/aromatic N) is 5. The molecule has 0 radical (unpaired) electrons. The molecular weight excluding hydrogens is 452 g/mol. The number of carbonyl (C=O) groups is 2. The highest BCUT2D eigenvalue weighted by Crippen LogP contribution is 2.49. The molecule has 3 aliphatic rings. The molecule has 1 N–H and O–H groups in total. The van der Waals surface area contributed by atoms with Crippen LogP contribution in [0.3, 0.4) is 0 Å². The zero-order valence-corrected chi connectivity index (χ0v) is 21.5. The number of amides is 3. The fourth-order valence-electron chi connectivity index (χ4n) is 6.35. The van der Waals surface area contributed by atoms with Gasteiger partial charge in [0, 0.05) is 24.8 Å². The summed E-state index contributed by atoms with van der Waals surface area (Å²) in [6.07, 6.45) is 10.7. The smallest absolute Gasteiger partial charge is 0.321 e. The predicted molar refractivity (Wildman–Crippen MR) is 138 cm³/mol. The molecule has 1 aromatic carbocycles. The summed E-state index contributed by atoms with van der Waals surface area (Å²) in [6.45, 7) is 1.86. The third-order valence-electron chi connectivity index (χ3n) is 8.84. The van der Waals surface area contributed by atoms with Gasteiger partial charge in [-0.3, -0.25) is 9.69 Å². The maximum Gasteiger partial charge on any atom is 0.321 e. The predicted octanol–water partition coefficient (Wildman–Crippen LogP) is 3.40. The Balaban J connectivity index is 1.30. The first-order valence-electron chi connectivity index (χ1n) is 13.2. The van der Waals surface area contributed by atoms with Crippen LogP contribution in [-0.4, -0.2) is 75.9 Å². The van der Waals surface area contributed by atoms with Crippen LogP contribution < -0.4 is 5.32 Å². The van der Waals surface area contributed by atoms with Crippen LogP contribution in [0.25, 0.3) is 0 Å². The van der Waals surface area contributed by atoms with Crippen molar-refractivity contribution in [3.63, 3.8) is 0 Å². The van der Waals surface area contributed by atoms with Gasteiger partial charge in [0.1, 0.15) is 12.9 Å². The Bertz CT molecular complexity index is 1050. The SMILES string of the molecule is CN(C)C1(c2ccccc2)CCC2(CC1)CN(CC(=O)NCc1ccncn1)C(=O)N2CC1CCC1. The molecule has 2 saturated carbocycles. The highest BCUT2D eigenvalue weighted by molar-refractivity contribution is 5.86. The van der Waals surface area contributed by atoms with Gasteiger partial charge in [-0.1, -0.05) is 36.8 Å². The number of nitrogens with one attached hydrogen (secondary N) is 1. The molecule has 1 spiro atoms. The van der Waals surface area contributed by atoms with E-state index in [-0.39, 0.29) is 29.6 Å². The average Bonchev–Trinajstić information content (AvgIpc) is 3.11. The number of carbonyl (C=O) groups excluding carboxylic acids is 2. The zero-order chi connectivity index (χ0) is 25.2. The lowest BCUT2D eigenvalue weighted by Gasteiger charge is -2.51. The second kappa shape index (κ2) is 10.2. The molecule has 1 aromatic heterocycles. The minimum absolute atomic E-state index is 0.0242. The van der Waals surface area contributed by atoms with Gasteiger partial charge in [-0.15, -0.1) is 0 Å². The van der Waals surface area contributed by atoms with Gasteiger partial charge in [0.05, 0.1) is 17.8 Å². The van der Waals surface area contributed by atoms with Gasteiger partial charge < -0.3 is 15.1 Å². The van der Waals surface area contributed by atoms with Crippen LogP contribution in [0.15, 0.2) is 48.9 Å². The molecule has 1 aliphatic heterocycles. The summed E-state index contributed by atoms with van der Waals surface area (Å²) in [6, 6.07) is 12.6. The van der Waals surface area contributed by atoms with Gasteiger partial charge in [-0.25, -0.2) is 14.8 Å². The number of rotatable bonds is 8. The fraction of sp³-hybridized carbons (Fsp3) is 0.571. The lowest BCUT2D eigenvalue weighted by atomic mass is 9.68. The molecule has 2 heterocycles. The number of hydrogen-bond acceptors (Lipinski definition) is 5. The summed E-state index contributed by atoms with van der Waals surface area (Å²) in [5.41, 5.74) is 1.87. The van der Waals surface area contributed by atoms with Crippen LogP contribution in [0.4, 0.5) is 4.79 Å². The van der Waals surface area contributed by atoms with Crippen molar-refractivity contribution >= 4 is 11.9 Å². The van der Waals surface area contributed by atoms with Crippen LogP contribution >= 0.6 is 0 Å². The second-order valence-corrected chi connectivity index (χ2v) is 11.0. The van der Waals surface area contributed by atoms with Crippen LogP contribution in [0.1, 0.15) is 56.2 Å². The molecule has 2 aromatic rings. The topological polar surface area (TPSA) is 81.7 Å². The number of benzene rings is 1. The van der Waals surface area contributed by atoms with E-state index in [1.165, 1.54) is 31.2 Å². The highest BCUT2D eigenvalue weighted by atomic mass is 16.2. The number of urea groups is 1. The van der Waals surface area contributed by atoms with Gasteiger partial charge in [-0.2, -0.15) is 0 Å². The average molecular weight is 491 g/mol. The lowest BCUT2D eigenvalue weighted by molar-refractivity contribution is -0.121. The third-order valence-corrected chi connectivity index (χ3v) is 8.84. The Morgan fingerprint density at radius 3 is 2.47 bits per heavy atom. The van der Waals surface area contributed by atoms with Gasteiger partial charge in [-0.05, 0) is 70.2 Å². The molecule has 5 rings (SSSR count). The standard InChI is InChI=1S/C28H38N6O2/c1-32(2)28(23-9-4-3-5-10-23)14-12-27(13-15-28)20-33(26(36)34(27)18-22-7-6-8-22)19-25(35)30-17-24-11-16-29-21-31-24/h3-5,9-11,16,21-22H,6-8,12-15,17-20H2,1-2H3,(H,30,35). The molecule has 192 valence electrons. The van der Waals surface area contributed by atoms with Crippen molar-refractivity contribution in [2.75, 3.05) is 33.7 Å². The second-order valence-electron chi connectivity index (χ2n) is 11.0. The van der Waals surface area contributed by atoms with E-state index in [2.05, 4.69) is 69.5 Å². The monoisotopic (exact) mass is 490 g/mol. The Kier molecular flexibility index (Phi) is 6.97. The van der Waals surface area contributed by atoms with Crippen molar-refractivity contribution in [2.45, 2.75) is 62.6 Å². The van der Waals surface area contributed by atoms with Crippen molar-refractivity contribution in [1.82, 2.24) is 30.0 Å². The fourth-order valence-corrected chi connectivity index (χ4v) is 6.35. The number of hydrogen-bond donors (Lipinski definition) is 1. The molecule has 0 atom stereocenters. The molecule has 8 heteroatoms. The van der Waals surface area contributed by atoms with Crippen LogP contribution in [-0.2, 0) is 16.9 Å². The van der Waals surface area contributed by atoms with E-state index < -0.39 is 0 Å². The Morgan fingerprint density at radius 2 is 1.86 bits per heavy atom. The molecule has 3 amide bonds. The normalized spacial score (nSPS) is 26.5. The van der Waals surface area contributed by atoms with Crippen molar-refractivity contribution in [1.29, 1.82) is 0 Å². The molecule has 1 saturated heterocycles. The molecule has 0 unspecified atom stereocenters. The third kappa shape index (κ3) is 4.71. The van der Waals surface area contributed by atoms with E-state index in [4.69, 9.17) is 0 Å². The van der Waals surface area contributed by atoms with Crippen molar-refractivity contribution in [3.8, 4) is 0 Å². The largest absolute Gasteiger partial charge is 0.349 e. The first-order valence-corrected chi connectivity index (χ1v) is 13.2. The maximum absolute atomic E-state index is 13.7. The lowest BCUT2D eigenvalue weighted by Crippen LogP contribution is -2.56. The minimum Gasteiger partial charge on any atom is -0.349 e. The summed E-state index contributed by atoms with van der Waals surface area (Å²) >= 11 is 0. The maximum atomic E-state index is 13.7. The molecule has 3 fully saturated rings. The van der Waals surface area contributed by atoms with E-state index >= 15 is 0 Å². The summed E-state index contributed by atoms with van der Waals surface area (Å²) in [7, 11) is 4.34. The van der Waals surface area contributed by atoms with Crippen LogP contribution in [0, 0.1) is 5.92 Å². The summed E-state index contributed by atoms with van der Waals surface area (Å²) < 4.78 is 0. The number of aromatic nitrogens is 2. The van der Waals surface area contributed by atoms with Crippen LogP contribution in [0.5, 0.6) is 0 Å². The van der Waals surface area contributed by atoms with Gasteiger partial charge in [0.15, 0.2) is 0 Å². The van der Waals surface area contributed by atoms with E-state index in [1.807, 2.05) is 0 Å². The summed E-state index contributed by atoms with van der Waals surface area (Å²) in [5, 5.41) is 2.92. The quantitative estimate of drug-likeness (QED) is 0.613. The first-order chi connectivity index (χ1) is 17.4. The highest BCUT2D eigenvalue weighted by Gasteiger charge is 2.55. The molecule has 0 bridgehead atoms. The first kappa shape index (κ1) is 24.7. The van der Waals surface area contributed by atoms with Gasteiger partial charge in [0.2, 0.25) is 5.91 Å². The molecule has 8 nitrogen and oxygen atoms in total. The zero-order valence-electron chi connectivity index (χ0n) is 21.5. The van der Waals surface area contributed by atoms with Crippen molar-refractivity contribution in [2.24, 2.45) is 5.92 Å². The summed E-state index contributed by atoms with van der Waals surface area (Å²) in [5.74, 6) is 0.442. The molecular formula is C28H38N6O2. The van der Waals surface area contributed by atoms with E-state index in [0.717, 1.165) is 37.9 Å². The van der Waals surface area contributed by atoms with E-state index in [1.54, 1.807) is 17.2 Å². The Hall–Kier alpha value is -3.00. The van der Waals surface area contributed by atoms with E-state index in [9.17, 15) is 9.59 Å². The molecule has 36 heavy (non-hydrogen) atoms. The van der Waals surface area contributed by atoms with Crippen molar-refractivity contribution in [3.05, 3.63) is 60.2 Å². The van der Waals surface area contributed by atoms with Crippen molar-refractivity contribution < 1.29 is 9.59 Å². The molecule has 2 aliphatic carbocycles. The van der Waals surface area contributed by atoms with Crippen LogP contribution in [0.2, 0.25) is 0 Å². The van der Waals surface area contributed by atoms with E-state index in [0.29, 0.717) is 19.0 Å². The minimum atomic E-state index is -0.200. The van der Waals surface area contributed by atoms with Gasteiger partial charge >= 0.3 is 6.03 Å². The summed E-state index contributed by atoms with van der Waals surface area (Å²) in [4.78, 5) is 40.8. The van der Waals surface area contributed by atoms with Gasteiger partial charge in [0.25, 0.3) is 0 Å².